The van der Waals surface area contributed by atoms with Crippen LogP contribution in [0, 0.1) is 25.2 Å². The lowest BCUT2D eigenvalue weighted by atomic mass is 9.96. The second-order valence-electron chi connectivity index (χ2n) is 7.31. The van der Waals surface area contributed by atoms with Crippen LogP contribution in [0.15, 0.2) is 18.2 Å². The van der Waals surface area contributed by atoms with Gasteiger partial charge in [0.05, 0.1) is 11.1 Å². The third-order valence-electron chi connectivity index (χ3n) is 5.02. The lowest BCUT2D eigenvalue weighted by Gasteiger charge is -2.22. The molecule has 1 aromatic heterocycles. The van der Waals surface area contributed by atoms with Crippen molar-refractivity contribution in [2.45, 2.75) is 52.0 Å². The number of fused-ring (bicyclic) bond motifs is 1. The van der Waals surface area contributed by atoms with Gasteiger partial charge in [0.2, 0.25) is 0 Å². The van der Waals surface area contributed by atoms with Gasteiger partial charge in [-0.1, -0.05) is 30.9 Å². The normalized spacial score (nSPS) is 14.6. The fraction of sp³-hybridized carbons (Fsp3) is 0.476. The van der Waals surface area contributed by atoms with Gasteiger partial charge < -0.3 is 16.0 Å². The van der Waals surface area contributed by atoms with Crippen LogP contribution in [0.25, 0.3) is 10.9 Å². The van der Waals surface area contributed by atoms with Gasteiger partial charge in [-0.3, -0.25) is 0 Å². The molecule has 0 saturated heterocycles. The highest BCUT2D eigenvalue weighted by atomic mass is 16.2. The average Bonchev–Trinajstić information content (AvgIpc) is 2.65. The average molecular weight is 365 g/mol. The SMILES string of the molecule is Cc1cc(C)c2nc(NCCNC(=O)NC3CCCCC3)c(C#N)cc2c1. The van der Waals surface area contributed by atoms with Crippen LogP contribution in [0.1, 0.15) is 48.8 Å². The minimum absolute atomic E-state index is 0.123. The molecule has 0 bridgehead atoms. The molecule has 0 unspecified atom stereocenters. The van der Waals surface area contributed by atoms with Crippen molar-refractivity contribution < 1.29 is 4.79 Å². The number of anilines is 1. The summed E-state index contributed by atoms with van der Waals surface area (Å²) in [6.07, 6.45) is 5.78. The monoisotopic (exact) mass is 365 g/mol. The van der Waals surface area contributed by atoms with E-state index in [1.54, 1.807) is 0 Å². The third-order valence-corrected chi connectivity index (χ3v) is 5.02. The second-order valence-corrected chi connectivity index (χ2v) is 7.31. The molecule has 0 radical (unpaired) electrons. The Morgan fingerprint density at radius 1 is 1.19 bits per heavy atom. The minimum Gasteiger partial charge on any atom is -0.367 e. The Balaban J connectivity index is 1.56. The quantitative estimate of drug-likeness (QED) is 0.704. The summed E-state index contributed by atoms with van der Waals surface area (Å²) in [4.78, 5) is 16.6. The maximum absolute atomic E-state index is 12.0. The number of aryl methyl sites for hydroxylation is 2. The predicted octanol–water partition coefficient (Wildman–Crippen LogP) is 3.77. The van der Waals surface area contributed by atoms with Gasteiger partial charge in [-0.25, -0.2) is 9.78 Å². The fourth-order valence-electron chi connectivity index (χ4n) is 3.71. The zero-order chi connectivity index (χ0) is 19.2. The van der Waals surface area contributed by atoms with Gasteiger partial charge in [0, 0.05) is 24.5 Å². The van der Waals surface area contributed by atoms with Crippen LogP contribution in [0.2, 0.25) is 0 Å². The van der Waals surface area contributed by atoms with Crippen LogP contribution >= 0.6 is 0 Å². The topological polar surface area (TPSA) is 89.8 Å². The van der Waals surface area contributed by atoms with Gasteiger partial charge >= 0.3 is 6.03 Å². The second kappa shape index (κ2) is 8.72. The first-order valence-electron chi connectivity index (χ1n) is 9.67. The van der Waals surface area contributed by atoms with Gasteiger partial charge in [0.15, 0.2) is 0 Å². The van der Waals surface area contributed by atoms with E-state index < -0.39 is 0 Å². The van der Waals surface area contributed by atoms with Crippen molar-refractivity contribution in [1.29, 1.82) is 5.26 Å². The lowest BCUT2D eigenvalue weighted by molar-refractivity contribution is 0.233. The summed E-state index contributed by atoms with van der Waals surface area (Å²) in [5.41, 5.74) is 3.64. The molecule has 1 aliphatic carbocycles. The molecule has 1 fully saturated rings. The number of urea groups is 1. The number of amides is 2. The van der Waals surface area contributed by atoms with Crippen LogP contribution in [0.5, 0.6) is 0 Å². The fourth-order valence-corrected chi connectivity index (χ4v) is 3.71. The van der Waals surface area contributed by atoms with Gasteiger partial charge in [-0.2, -0.15) is 5.26 Å². The number of nitrogens with zero attached hydrogens (tertiary/aromatic N) is 2. The molecule has 0 atom stereocenters. The van der Waals surface area contributed by atoms with Crippen molar-refractivity contribution in [3.05, 3.63) is 34.9 Å². The zero-order valence-corrected chi connectivity index (χ0v) is 16.1. The number of pyridine rings is 1. The van der Waals surface area contributed by atoms with Crippen molar-refractivity contribution >= 4 is 22.8 Å². The maximum Gasteiger partial charge on any atom is 0.315 e. The van der Waals surface area contributed by atoms with Crippen LogP contribution in [0.4, 0.5) is 10.6 Å². The van der Waals surface area contributed by atoms with E-state index in [0.29, 0.717) is 30.5 Å². The molecule has 1 heterocycles. The van der Waals surface area contributed by atoms with E-state index in [0.717, 1.165) is 34.9 Å². The molecule has 27 heavy (non-hydrogen) atoms. The molecule has 6 heteroatoms. The predicted molar refractivity (Wildman–Crippen MR) is 108 cm³/mol. The number of hydrogen-bond acceptors (Lipinski definition) is 4. The summed E-state index contributed by atoms with van der Waals surface area (Å²) in [6, 6.07) is 8.37. The summed E-state index contributed by atoms with van der Waals surface area (Å²) < 4.78 is 0. The van der Waals surface area contributed by atoms with Crippen molar-refractivity contribution in [1.82, 2.24) is 15.6 Å². The van der Waals surface area contributed by atoms with E-state index in [9.17, 15) is 10.1 Å². The molecule has 3 rings (SSSR count). The number of benzene rings is 1. The zero-order valence-electron chi connectivity index (χ0n) is 16.1. The van der Waals surface area contributed by atoms with Gasteiger partial charge in [0.25, 0.3) is 0 Å². The maximum atomic E-state index is 12.0. The molecule has 0 spiro atoms. The van der Waals surface area contributed by atoms with Crippen molar-refractivity contribution in [3.8, 4) is 6.07 Å². The molecule has 0 aliphatic heterocycles. The van der Waals surface area contributed by atoms with Crippen LogP contribution < -0.4 is 16.0 Å². The number of nitriles is 1. The standard InChI is InChI=1S/C21H27N5O/c1-14-10-15(2)19-16(11-14)12-17(13-22)20(26-19)23-8-9-24-21(27)25-18-6-4-3-5-7-18/h10-12,18H,3-9H2,1-2H3,(H,23,26)(H2,24,25,27). The first-order chi connectivity index (χ1) is 13.1. The molecular formula is C21H27N5O. The highest BCUT2D eigenvalue weighted by Gasteiger charge is 2.15. The molecule has 142 valence electrons. The number of carbonyl (C=O) groups is 1. The Kier molecular flexibility index (Phi) is 6.12. The Morgan fingerprint density at radius 2 is 1.96 bits per heavy atom. The Hall–Kier alpha value is -2.81. The van der Waals surface area contributed by atoms with Gasteiger partial charge in [-0.15, -0.1) is 0 Å². The van der Waals surface area contributed by atoms with Gasteiger partial charge in [0.1, 0.15) is 11.9 Å². The summed E-state index contributed by atoms with van der Waals surface area (Å²) in [5.74, 6) is 0.562. The van der Waals surface area contributed by atoms with Crippen molar-refractivity contribution in [2.24, 2.45) is 0 Å². The number of carbonyl (C=O) groups excluding carboxylic acids is 1. The molecule has 1 aromatic carbocycles. The first kappa shape index (κ1) is 19.0. The van der Waals surface area contributed by atoms with E-state index in [-0.39, 0.29) is 6.03 Å². The van der Waals surface area contributed by atoms with E-state index in [4.69, 9.17) is 0 Å². The number of rotatable bonds is 5. The summed E-state index contributed by atoms with van der Waals surface area (Å²) >= 11 is 0. The minimum atomic E-state index is -0.123. The van der Waals surface area contributed by atoms with E-state index in [2.05, 4.69) is 33.1 Å². The highest BCUT2D eigenvalue weighted by molar-refractivity contribution is 5.86. The van der Waals surface area contributed by atoms with E-state index in [1.807, 2.05) is 26.0 Å². The molecule has 2 amide bonds. The third kappa shape index (κ3) is 4.88. The molecule has 1 aliphatic rings. The van der Waals surface area contributed by atoms with Crippen LogP contribution in [-0.2, 0) is 0 Å². The van der Waals surface area contributed by atoms with Gasteiger partial charge in [-0.05, 0) is 44.4 Å². The Bertz CT molecular complexity index is 865. The Morgan fingerprint density at radius 3 is 2.70 bits per heavy atom. The lowest BCUT2D eigenvalue weighted by Crippen LogP contribution is -2.44. The summed E-state index contributed by atoms with van der Waals surface area (Å²) in [6.45, 7) is 5.04. The number of hydrogen-bond donors (Lipinski definition) is 3. The van der Waals surface area contributed by atoms with Crippen LogP contribution in [0.3, 0.4) is 0 Å². The number of nitrogens with one attached hydrogen (secondary N) is 3. The Labute approximate surface area is 160 Å². The number of aromatic nitrogens is 1. The molecule has 3 N–H and O–H groups in total. The van der Waals surface area contributed by atoms with Crippen LogP contribution in [-0.4, -0.2) is 30.1 Å². The largest absolute Gasteiger partial charge is 0.367 e. The van der Waals surface area contributed by atoms with E-state index >= 15 is 0 Å². The van der Waals surface area contributed by atoms with E-state index in [1.165, 1.54) is 19.3 Å². The summed E-state index contributed by atoms with van der Waals surface area (Å²) in [7, 11) is 0. The smallest absolute Gasteiger partial charge is 0.315 e. The van der Waals surface area contributed by atoms with Crippen molar-refractivity contribution in [3.63, 3.8) is 0 Å². The highest BCUT2D eigenvalue weighted by Crippen LogP contribution is 2.24. The molecule has 6 nitrogen and oxygen atoms in total. The molecule has 2 aromatic rings. The van der Waals surface area contributed by atoms with Crippen molar-refractivity contribution in [2.75, 3.05) is 18.4 Å². The molecular weight excluding hydrogens is 338 g/mol. The first-order valence-corrected chi connectivity index (χ1v) is 9.67. The summed E-state index contributed by atoms with van der Waals surface area (Å²) in [5, 5.41) is 19.5. The molecule has 1 saturated carbocycles.